The van der Waals surface area contributed by atoms with Crippen LogP contribution in [0.15, 0.2) is 42.7 Å². The van der Waals surface area contributed by atoms with Crippen molar-refractivity contribution >= 4 is 17.3 Å². The summed E-state index contributed by atoms with van der Waals surface area (Å²) in [6.07, 6.45) is 3.52. The number of methoxy groups -OCH3 is 1. The molecule has 0 N–H and O–H groups in total. The van der Waals surface area contributed by atoms with E-state index in [0.717, 1.165) is 42.5 Å². The number of piperazine rings is 1. The Morgan fingerprint density at radius 3 is 2.65 bits per heavy atom. The lowest BCUT2D eigenvalue weighted by molar-refractivity contribution is 0.181. The van der Waals surface area contributed by atoms with Crippen LogP contribution in [0.2, 0.25) is 5.02 Å². The van der Waals surface area contributed by atoms with Crippen LogP contribution in [0.3, 0.4) is 0 Å². The molecular weight excluding hydrogens is 310 g/mol. The largest absolute Gasteiger partial charge is 0.497 e. The zero-order valence-electron chi connectivity index (χ0n) is 13.6. The summed E-state index contributed by atoms with van der Waals surface area (Å²) in [5, 5.41) is 0.747. The van der Waals surface area contributed by atoms with Crippen molar-refractivity contribution in [2.24, 2.45) is 0 Å². The third-order valence-electron chi connectivity index (χ3n) is 4.43. The molecule has 1 fully saturated rings. The lowest BCUT2D eigenvalue weighted by Crippen LogP contribution is -2.51. The monoisotopic (exact) mass is 331 g/mol. The predicted molar refractivity (Wildman–Crippen MR) is 94.3 cm³/mol. The molecule has 4 nitrogen and oxygen atoms in total. The van der Waals surface area contributed by atoms with Gasteiger partial charge >= 0.3 is 0 Å². The van der Waals surface area contributed by atoms with Gasteiger partial charge in [-0.3, -0.25) is 9.88 Å². The number of hydrogen-bond donors (Lipinski definition) is 0. The fourth-order valence-corrected chi connectivity index (χ4v) is 3.19. The fourth-order valence-electron chi connectivity index (χ4n) is 3.01. The maximum Gasteiger partial charge on any atom is 0.119 e. The normalized spacial score (nSPS) is 18.9. The van der Waals surface area contributed by atoms with Gasteiger partial charge in [0, 0.05) is 50.3 Å². The summed E-state index contributed by atoms with van der Waals surface area (Å²) in [5.74, 6) is 0.896. The van der Waals surface area contributed by atoms with Crippen molar-refractivity contribution in [3.63, 3.8) is 0 Å². The van der Waals surface area contributed by atoms with E-state index < -0.39 is 0 Å². The molecule has 1 aromatic carbocycles. The van der Waals surface area contributed by atoms with Gasteiger partial charge in [-0.05, 0) is 42.8 Å². The van der Waals surface area contributed by atoms with Crippen LogP contribution in [-0.4, -0.2) is 42.7 Å². The third-order valence-corrected chi connectivity index (χ3v) is 4.77. The Labute approximate surface area is 142 Å². The van der Waals surface area contributed by atoms with Crippen molar-refractivity contribution < 1.29 is 4.74 Å². The maximum atomic E-state index is 6.23. The Kier molecular flexibility index (Phi) is 5.03. The van der Waals surface area contributed by atoms with Gasteiger partial charge in [-0.15, -0.1) is 0 Å². The Morgan fingerprint density at radius 1 is 1.22 bits per heavy atom. The molecule has 2 aromatic rings. The molecule has 0 aliphatic carbocycles. The fraction of sp³-hybridized carbons (Fsp3) is 0.389. The zero-order chi connectivity index (χ0) is 16.2. The summed E-state index contributed by atoms with van der Waals surface area (Å²) >= 11 is 6.23. The molecule has 1 unspecified atom stereocenters. The minimum Gasteiger partial charge on any atom is -0.497 e. The van der Waals surface area contributed by atoms with Gasteiger partial charge in [-0.2, -0.15) is 0 Å². The van der Waals surface area contributed by atoms with E-state index in [-0.39, 0.29) is 0 Å². The van der Waals surface area contributed by atoms with E-state index in [2.05, 4.69) is 33.8 Å². The second-order valence-corrected chi connectivity index (χ2v) is 6.34. The summed E-state index contributed by atoms with van der Waals surface area (Å²) in [7, 11) is 1.69. The van der Waals surface area contributed by atoms with Crippen molar-refractivity contribution in [1.29, 1.82) is 0 Å². The first-order chi connectivity index (χ1) is 11.2. The number of pyridine rings is 1. The first-order valence-electron chi connectivity index (χ1n) is 7.89. The van der Waals surface area contributed by atoms with Crippen LogP contribution < -0.4 is 9.64 Å². The van der Waals surface area contributed by atoms with Gasteiger partial charge in [0.15, 0.2) is 0 Å². The highest BCUT2D eigenvalue weighted by Crippen LogP contribution is 2.24. The van der Waals surface area contributed by atoms with Crippen LogP contribution in [-0.2, 0) is 6.54 Å². The Bertz CT molecular complexity index is 647. The van der Waals surface area contributed by atoms with Crippen molar-refractivity contribution in [3.8, 4) is 5.75 Å². The second-order valence-electron chi connectivity index (χ2n) is 5.93. The number of halogens is 1. The Balaban J connectivity index is 1.63. The van der Waals surface area contributed by atoms with Gasteiger partial charge in [0.25, 0.3) is 0 Å². The van der Waals surface area contributed by atoms with Crippen LogP contribution in [0.4, 0.5) is 5.69 Å². The number of rotatable bonds is 4. The SMILES string of the molecule is COc1ccc(N2CCN(Cc3ccncc3Cl)C(C)C2)cc1. The molecule has 0 spiro atoms. The third kappa shape index (κ3) is 3.77. The number of aromatic nitrogens is 1. The highest BCUT2D eigenvalue weighted by Gasteiger charge is 2.24. The molecule has 0 amide bonds. The number of nitrogens with zero attached hydrogens (tertiary/aromatic N) is 3. The molecule has 1 aromatic heterocycles. The molecule has 0 saturated carbocycles. The molecule has 0 bridgehead atoms. The molecular formula is C18H22ClN3O. The van der Waals surface area contributed by atoms with Gasteiger partial charge in [0.05, 0.1) is 12.1 Å². The number of benzene rings is 1. The zero-order valence-corrected chi connectivity index (χ0v) is 14.3. The van der Waals surface area contributed by atoms with Crippen LogP contribution >= 0.6 is 11.6 Å². The van der Waals surface area contributed by atoms with Gasteiger partial charge in [-0.25, -0.2) is 0 Å². The minimum absolute atomic E-state index is 0.468. The van der Waals surface area contributed by atoms with Crippen molar-refractivity contribution in [3.05, 3.63) is 53.3 Å². The van der Waals surface area contributed by atoms with Crippen molar-refractivity contribution in [1.82, 2.24) is 9.88 Å². The van der Waals surface area contributed by atoms with Crippen molar-refractivity contribution in [2.45, 2.75) is 19.5 Å². The van der Waals surface area contributed by atoms with Gasteiger partial charge in [0.2, 0.25) is 0 Å². The molecule has 3 rings (SSSR count). The molecule has 1 aliphatic heterocycles. The molecule has 1 aliphatic rings. The average molecular weight is 332 g/mol. The van der Waals surface area contributed by atoms with E-state index in [1.54, 1.807) is 19.5 Å². The number of ether oxygens (including phenoxy) is 1. The summed E-state index contributed by atoms with van der Waals surface area (Å²) in [5.41, 5.74) is 2.39. The Hall–Kier alpha value is -1.78. The highest BCUT2D eigenvalue weighted by molar-refractivity contribution is 6.31. The van der Waals surface area contributed by atoms with Gasteiger partial charge < -0.3 is 9.64 Å². The molecule has 1 atom stereocenters. The molecule has 1 saturated heterocycles. The minimum atomic E-state index is 0.468. The molecule has 23 heavy (non-hydrogen) atoms. The Morgan fingerprint density at radius 2 is 2.00 bits per heavy atom. The quantitative estimate of drug-likeness (QED) is 0.858. The van der Waals surface area contributed by atoms with Crippen LogP contribution in [0.25, 0.3) is 0 Å². The topological polar surface area (TPSA) is 28.6 Å². The predicted octanol–water partition coefficient (Wildman–Crippen LogP) is 3.45. The van der Waals surface area contributed by atoms with Crippen molar-refractivity contribution in [2.75, 3.05) is 31.6 Å². The van der Waals surface area contributed by atoms with E-state index >= 15 is 0 Å². The lowest BCUT2D eigenvalue weighted by Gasteiger charge is -2.41. The second kappa shape index (κ2) is 7.20. The molecule has 122 valence electrons. The number of hydrogen-bond acceptors (Lipinski definition) is 4. The summed E-state index contributed by atoms with van der Waals surface area (Å²) in [6, 6.07) is 10.8. The van der Waals surface area contributed by atoms with Crippen LogP contribution in [0, 0.1) is 0 Å². The summed E-state index contributed by atoms with van der Waals surface area (Å²) in [6.45, 7) is 6.18. The van der Waals surface area contributed by atoms with Gasteiger partial charge in [-0.1, -0.05) is 11.6 Å². The van der Waals surface area contributed by atoms with E-state index in [1.807, 2.05) is 18.2 Å². The smallest absolute Gasteiger partial charge is 0.119 e. The first-order valence-corrected chi connectivity index (χ1v) is 8.26. The molecule has 5 heteroatoms. The van der Waals surface area contributed by atoms with E-state index in [0.29, 0.717) is 6.04 Å². The van der Waals surface area contributed by atoms with E-state index in [1.165, 1.54) is 5.69 Å². The van der Waals surface area contributed by atoms with Gasteiger partial charge in [0.1, 0.15) is 5.75 Å². The molecule has 0 radical (unpaired) electrons. The molecule has 2 heterocycles. The maximum absolute atomic E-state index is 6.23. The lowest BCUT2D eigenvalue weighted by atomic mass is 10.1. The van der Waals surface area contributed by atoms with E-state index in [4.69, 9.17) is 16.3 Å². The summed E-state index contributed by atoms with van der Waals surface area (Å²) in [4.78, 5) is 8.95. The first kappa shape index (κ1) is 16.1. The summed E-state index contributed by atoms with van der Waals surface area (Å²) < 4.78 is 5.23. The highest BCUT2D eigenvalue weighted by atomic mass is 35.5. The average Bonchev–Trinajstić information content (AvgIpc) is 2.58. The van der Waals surface area contributed by atoms with E-state index in [9.17, 15) is 0 Å². The van der Waals surface area contributed by atoms with Crippen LogP contribution in [0.1, 0.15) is 12.5 Å². The standard InChI is InChI=1S/C18H22ClN3O/c1-14-12-22(16-3-5-17(23-2)6-4-16)10-9-21(14)13-15-7-8-20-11-18(15)19/h3-8,11,14H,9-10,12-13H2,1-2H3. The van der Waals surface area contributed by atoms with Crippen LogP contribution in [0.5, 0.6) is 5.75 Å². The number of anilines is 1.